The molecular weight excluding hydrogens is 866 g/mol. The van der Waals surface area contributed by atoms with E-state index >= 15 is 0 Å². The maximum atomic E-state index is 10.7. The summed E-state index contributed by atoms with van der Waals surface area (Å²) in [5.41, 5.74) is 16.8. The van der Waals surface area contributed by atoms with E-state index in [4.69, 9.17) is 9.97 Å². The SMILES string of the molecule is C/C(O)=C/c1nc2c(-c3[c-]c(-c4cc(-c5c(C)cccc5C)ccn4)cc(C(C)(C)C)c3)cccc2n1-c1ccc(-c2ccccc2)cc1-c1ccccc1.[Pt]. The van der Waals surface area contributed by atoms with E-state index in [0.29, 0.717) is 5.82 Å². The molecule has 0 radical (unpaired) electrons. The van der Waals surface area contributed by atoms with Crippen molar-refractivity contribution in [3.05, 3.63) is 180 Å². The molecule has 0 atom stereocenters. The van der Waals surface area contributed by atoms with Crippen LogP contribution in [-0.2, 0) is 26.5 Å². The quantitative estimate of drug-likeness (QED) is 0.128. The summed E-state index contributed by atoms with van der Waals surface area (Å²) in [6, 6.07) is 52.8. The van der Waals surface area contributed by atoms with Crippen LogP contribution in [0.1, 0.15) is 50.2 Å². The van der Waals surface area contributed by atoms with E-state index in [2.05, 4.69) is 173 Å². The van der Waals surface area contributed by atoms with Crippen LogP contribution in [0.3, 0.4) is 0 Å². The number of aromatic nitrogens is 3. The van der Waals surface area contributed by atoms with Crippen molar-refractivity contribution in [2.45, 2.75) is 47.0 Å². The average Bonchev–Trinajstić information content (AvgIpc) is 3.55. The van der Waals surface area contributed by atoms with Crippen LogP contribution in [0, 0.1) is 19.9 Å². The van der Waals surface area contributed by atoms with Gasteiger partial charge in [-0.2, -0.15) is 0 Å². The summed E-state index contributed by atoms with van der Waals surface area (Å²) >= 11 is 0. The van der Waals surface area contributed by atoms with Gasteiger partial charge in [0.2, 0.25) is 0 Å². The van der Waals surface area contributed by atoms with Crippen LogP contribution in [0.15, 0.2) is 151 Å². The second-order valence-electron chi connectivity index (χ2n) is 15.4. The van der Waals surface area contributed by atoms with Crippen molar-refractivity contribution >= 4 is 17.1 Å². The first-order valence-electron chi connectivity index (χ1n) is 18.8. The molecule has 56 heavy (non-hydrogen) atoms. The minimum absolute atomic E-state index is 0. The molecule has 0 amide bonds. The molecule has 0 saturated carbocycles. The largest absolute Gasteiger partial charge is 0.512 e. The second-order valence-corrected chi connectivity index (χ2v) is 15.4. The van der Waals surface area contributed by atoms with Crippen molar-refractivity contribution in [1.29, 1.82) is 0 Å². The van der Waals surface area contributed by atoms with Gasteiger partial charge >= 0.3 is 0 Å². The summed E-state index contributed by atoms with van der Waals surface area (Å²) in [4.78, 5) is 10.2. The van der Waals surface area contributed by atoms with E-state index in [1.165, 1.54) is 22.3 Å². The van der Waals surface area contributed by atoms with E-state index in [1.807, 2.05) is 18.3 Å². The van der Waals surface area contributed by atoms with Gasteiger partial charge < -0.3 is 5.11 Å². The first-order chi connectivity index (χ1) is 26.5. The van der Waals surface area contributed by atoms with E-state index in [9.17, 15) is 5.11 Å². The molecule has 0 unspecified atom stereocenters. The summed E-state index contributed by atoms with van der Waals surface area (Å²) in [7, 11) is 0. The van der Waals surface area contributed by atoms with E-state index in [0.717, 1.165) is 66.9 Å². The molecule has 0 aliphatic carbocycles. The number of pyridine rings is 1. The molecule has 2 heterocycles. The van der Waals surface area contributed by atoms with Gasteiger partial charge in [-0.25, -0.2) is 4.98 Å². The van der Waals surface area contributed by atoms with Gasteiger partial charge in [0.1, 0.15) is 5.82 Å². The molecule has 0 aliphatic rings. The minimum Gasteiger partial charge on any atom is -0.512 e. The van der Waals surface area contributed by atoms with Crippen LogP contribution < -0.4 is 0 Å². The molecule has 8 aromatic rings. The molecule has 0 fully saturated rings. The van der Waals surface area contributed by atoms with Gasteiger partial charge in [0.05, 0.1) is 22.5 Å². The third-order valence-electron chi connectivity index (χ3n) is 10.3. The summed E-state index contributed by atoms with van der Waals surface area (Å²) < 4.78 is 2.17. The number of fused-ring (bicyclic) bond motifs is 1. The van der Waals surface area contributed by atoms with Gasteiger partial charge in [0.25, 0.3) is 0 Å². The van der Waals surface area contributed by atoms with Crippen molar-refractivity contribution in [2.24, 2.45) is 0 Å². The van der Waals surface area contributed by atoms with Crippen molar-refractivity contribution in [2.75, 3.05) is 0 Å². The molecule has 0 saturated heterocycles. The minimum atomic E-state index is -0.136. The van der Waals surface area contributed by atoms with Crippen LogP contribution >= 0.6 is 0 Å². The fraction of sp³-hybridized carbons (Fsp3) is 0.137. The number of para-hydroxylation sites is 1. The Morgan fingerprint density at radius 1 is 0.661 bits per heavy atom. The molecule has 0 bridgehead atoms. The van der Waals surface area contributed by atoms with Gasteiger partial charge in [0.15, 0.2) is 0 Å². The summed E-state index contributed by atoms with van der Waals surface area (Å²) in [5.74, 6) is 0.820. The van der Waals surface area contributed by atoms with Crippen LogP contribution in [-0.4, -0.2) is 19.6 Å². The maximum Gasteiger partial charge on any atom is 0.140 e. The Kier molecular flexibility index (Phi) is 10.8. The predicted octanol–water partition coefficient (Wildman–Crippen LogP) is 13.4. The van der Waals surface area contributed by atoms with E-state index in [-0.39, 0.29) is 32.2 Å². The Balaban J connectivity index is 0.00000480. The zero-order chi connectivity index (χ0) is 38.3. The molecular formula is C51H44N3OPt-. The molecule has 5 heteroatoms. The van der Waals surface area contributed by atoms with Crippen molar-refractivity contribution in [3.63, 3.8) is 0 Å². The fourth-order valence-corrected chi connectivity index (χ4v) is 7.55. The van der Waals surface area contributed by atoms with E-state index in [1.54, 1.807) is 13.0 Å². The first-order valence-corrected chi connectivity index (χ1v) is 18.8. The molecule has 8 rings (SSSR count). The molecule has 280 valence electrons. The molecule has 0 spiro atoms. The van der Waals surface area contributed by atoms with Crippen LogP contribution in [0.25, 0.3) is 78.6 Å². The van der Waals surface area contributed by atoms with Crippen molar-refractivity contribution in [1.82, 2.24) is 14.5 Å². The zero-order valence-corrected chi connectivity index (χ0v) is 34.8. The molecule has 1 N–H and O–H groups in total. The molecule has 0 aliphatic heterocycles. The number of rotatable bonds is 7. The monoisotopic (exact) mass is 909 g/mol. The molecule has 6 aromatic carbocycles. The number of hydrogen-bond acceptors (Lipinski definition) is 3. The fourth-order valence-electron chi connectivity index (χ4n) is 7.55. The molecule has 4 nitrogen and oxygen atoms in total. The number of aliphatic hydroxyl groups is 1. The number of aliphatic hydroxyl groups excluding tert-OH is 1. The van der Waals surface area contributed by atoms with Crippen molar-refractivity contribution < 1.29 is 26.2 Å². The Morgan fingerprint density at radius 3 is 2.00 bits per heavy atom. The van der Waals surface area contributed by atoms with E-state index < -0.39 is 0 Å². The number of imidazole rings is 1. The van der Waals surface area contributed by atoms with Gasteiger partial charge in [-0.1, -0.05) is 135 Å². The Bertz CT molecular complexity index is 2700. The topological polar surface area (TPSA) is 50.9 Å². The van der Waals surface area contributed by atoms with Gasteiger partial charge in [0, 0.05) is 44.6 Å². The number of aryl methyl sites for hydroxylation is 2. The third kappa shape index (κ3) is 7.55. The first kappa shape index (κ1) is 38.4. The van der Waals surface area contributed by atoms with Gasteiger partial charge in [-0.3, -0.25) is 9.55 Å². The zero-order valence-electron chi connectivity index (χ0n) is 32.5. The third-order valence-corrected chi connectivity index (χ3v) is 10.3. The Hall–Kier alpha value is -5.83. The standard InChI is InChI=1S/C51H44N3O.Pt/c1-33-15-13-16-34(2)49(33)39-25-26-52-45(32-39)41-28-40(29-42(30-41)51(4,5)6)43-21-14-22-47-50(43)53-48(27-35(3)55)54(47)46-24-23-38(36-17-9-7-10-18-36)31-44(46)37-19-11-8-12-20-37;/h7-27,29-32,55H,1-6H3;/q-1;/b35-27-;. The number of allylic oxidation sites excluding steroid dienone is 1. The summed E-state index contributed by atoms with van der Waals surface area (Å²) in [6.45, 7) is 12.7. The summed E-state index contributed by atoms with van der Waals surface area (Å²) in [5, 5.41) is 10.7. The smallest absolute Gasteiger partial charge is 0.140 e. The van der Waals surface area contributed by atoms with Gasteiger partial charge in [-0.15, -0.1) is 29.3 Å². The normalized spacial score (nSPS) is 11.8. The number of hydrogen-bond donors (Lipinski definition) is 1. The van der Waals surface area contributed by atoms with Crippen LogP contribution in [0.2, 0.25) is 0 Å². The Morgan fingerprint density at radius 2 is 1.32 bits per heavy atom. The van der Waals surface area contributed by atoms with Gasteiger partial charge in [-0.05, 0) is 89.4 Å². The van der Waals surface area contributed by atoms with Crippen molar-refractivity contribution in [3.8, 4) is 61.5 Å². The predicted molar refractivity (Wildman–Crippen MR) is 229 cm³/mol. The maximum absolute atomic E-state index is 10.7. The summed E-state index contributed by atoms with van der Waals surface area (Å²) in [6.07, 6.45) is 3.65. The number of benzene rings is 6. The Labute approximate surface area is 344 Å². The second kappa shape index (κ2) is 15.7. The molecule has 2 aromatic heterocycles. The number of nitrogens with zero attached hydrogens (tertiary/aromatic N) is 3. The van der Waals surface area contributed by atoms with Crippen LogP contribution in [0.5, 0.6) is 0 Å². The van der Waals surface area contributed by atoms with Crippen LogP contribution in [0.4, 0.5) is 0 Å². The average molecular weight is 910 g/mol.